The van der Waals surface area contributed by atoms with Crippen molar-refractivity contribution in [1.29, 1.82) is 0 Å². The molecule has 0 radical (unpaired) electrons. The van der Waals surface area contributed by atoms with Gasteiger partial charge in [0.05, 0.1) is 16.7 Å². The maximum Gasteiger partial charge on any atom is 0.272 e. The molecular formula is C15H23FN2O2. The number of benzene rings is 1. The van der Waals surface area contributed by atoms with Gasteiger partial charge in [0.25, 0.3) is 5.69 Å². The number of halogens is 1. The molecule has 0 atom stereocenters. The molecule has 0 amide bonds. The minimum Gasteiger partial charge on any atom is -0.380 e. The normalized spacial score (nSPS) is 11.4. The highest BCUT2D eigenvalue weighted by molar-refractivity contribution is 5.50. The standard InChI is InChI=1S/C15H23FN2O2/c1-10(2)7-12(8-11(3)4)17-15-6-5-13(18(19)20)9-14(15)16/h5-6,9-12,17H,7-8H2,1-4H3. The van der Waals surface area contributed by atoms with Crippen LogP contribution in [0.4, 0.5) is 15.8 Å². The van der Waals surface area contributed by atoms with Crippen molar-refractivity contribution in [2.75, 3.05) is 5.32 Å². The highest BCUT2D eigenvalue weighted by Gasteiger charge is 2.16. The van der Waals surface area contributed by atoms with Gasteiger partial charge in [0.1, 0.15) is 0 Å². The van der Waals surface area contributed by atoms with E-state index < -0.39 is 10.7 Å². The molecule has 0 unspecified atom stereocenters. The number of nitrogens with zero attached hydrogens (tertiary/aromatic N) is 1. The summed E-state index contributed by atoms with van der Waals surface area (Å²) in [5, 5.41) is 13.8. The zero-order valence-corrected chi connectivity index (χ0v) is 12.5. The van der Waals surface area contributed by atoms with E-state index in [1.165, 1.54) is 12.1 Å². The van der Waals surface area contributed by atoms with Crippen LogP contribution in [0.3, 0.4) is 0 Å². The van der Waals surface area contributed by atoms with Crippen molar-refractivity contribution < 1.29 is 9.31 Å². The molecule has 1 aromatic rings. The molecule has 20 heavy (non-hydrogen) atoms. The zero-order valence-electron chi connectivity index (χ0n) is 12.5. The van der Waals surface area contributed by atoms with Gasteiger partial charge in [0, 0.05) is 12.1 Å². The van der Waals surface area contributed by atoms with Crippen molar-refractivity contribution in [3.8, 4) is 0 Å². The van der Waals surface area contributed by atoms with Gasteiger partial charge < -0.3 is 5.32 Å². The fourth-order valence-corrected chi connectivity index (χ4v) is 2.31. The molecule has 0 aliphatic heterocycles. The van der Waals surface area contributed by atoms with Crippen LogP contribution in [0, 0.1) is 27.8 Å². The second kappa shape index (κ2) is 7.22. The Balaban J connectivity index is 2.84. The fourth-order valence-electron chi connectivity index (χ4n) is 2.31. The van der Waals surface area contributed by atoms with Gasteiger partial charge in [-0.15, -0.1) is 0 Å². The predicted octanol–water partition coefficient (Wildman–Crippen LogP) is 4.61. The van der Waals surface area contributed by atoms with Crippen LogP contribution in [0.1, 0.15) is 40.5 Å². The quantitative estimate of drug-likeness (QED) is 0.587. The molecule has 5 heteroatoms. The minimum atomic E-state index is -0.591. The number of nitro groups is 1. The van der Waals surface area contributed by atoms with E-state index in [9.17, 15) is 14.5 Å². The number of non-ortho nitro benzene ring substituents is 1. The Morgan fingerprint density at radius 1 is 1.20 bits per heavy atom. The maximum absolute atomic E-state index is 13.9. The predicted molar refractivity (Wildman–Crippen MR) is 79.4 cm³/mol. The molecule has 1 N–H and O–H groups in total. The van der Waals surface area contributed by atoms with Crippen LogP contribution in [0.15, 0.2) is 18.2 Å². The number of hydrogen-bond donors (Lipinski definition) is 1. The van der Waals surface area contributed by atoms with Gasteiger partial charge in [-0.3, -0.25) is 10.1 Å². The summed E-state index contributed by atoms with van der Waals surface area (Å²) in [6.45, 7) is 8.50. The minimum absolute atomic E-state index is 0.172. The molecule has 0 saturated carbocycles. The Labute approximate surface area is 119 Å². The van der Waals surface area contributed by atoms with Crippen LogP contribution in [0.25, 0.3) is 0 Å². The summed E-state index contributed by atoms with van der Waals surface area (Å²) < 4.78 is 13.9. The number of anilines is 1. The van der Waals surface area contributed by atoms with Crippen molar-refractivity contribution in [3.63, 3.8) is 0 Å². The van der Waals surface area contributed by atoms with E-state index in [1.54, 1.807) is 0 Å². The van der Waals surface area contributed by atoms with Crippen LogP contribution >= 0.6 is 0 Å². The van der Waals surface area contributed by atoms with Crippen molar-refractivity contribution >= 4 is 11.4 Å². The van der Waals surface area contributed by atoms with Crippen LogP contribution in [-0.4, -0.2) is 11.0 Å². The summed E-state index contributed by atoms with van der Waals surface area (Å²) in [5.74, 6) is 0.441. The Kier molecular flexibility index (Phi) is 5.92. The highest BCUT2D eigenvalue weighted by Crippen LogP contribution is 2.24. The summed E-state index contributed by atoms with van der Waals surface area (Å²) in [4.78, 5) is 10.0. The van der Waals surface area contributed by atoms with E-state index in [4.69, 9.17) is 0 Å². The van der Waals surface area contributed by atoms with E-state index in [2.05, 4.69) is 33.0 Å². The Morgan fingerprint density at radius 3 is 2.15 bits per heavy atom. The summed E-state index contributed by atoms with van der Waals surface area (Å²) in [5.41, 5.74) is 0.110. The first-order chi connectivity index (χ1) is 9.29. The topological polar surface area (TPSA) is 55.2 Å². The molecule has 1 rings (SSSR count). The first-order valence-electron chi connectivity index (χ1n) is 7.00. The van der Waals surface area contributed by atoms with E-state index >= 15 is 0 Å². The van der Waals surface area contributed by atoms with Crippen LogP contribution in [-0.2, 0) is 0 Å². The van der Waals surface area contributed by atoms with Gasteiger partial charge in [-0.1, -0.05) is 27.7 Å². The molecule has 4 nitrogen and oxygen atoms in total. The van der Waals surface area contributed by atoms with Crippen LogP contribution < -0.4 is 5.32 Å². The number of nitrogens with one attached hydrogen (secondary N) is 1. The largest absolute Gasteiger partial charge is 0.380 e. The van der Waals surface area contributed by atoms with E-state index in [1.807, 2.05) is 0 Å². The molecule has 0 fully saturated rings. The zero-order chi connectivity index (χ0) is 15.3. The fraction of sp³-hybridized carbons (Fsp3) is 0.600. The molecule has 0 aromatic heterocycles. The smallest absolute Gasteiger partial charge is 0.272 e. The summed E-state index contributed by atoms with van der Waals surface area (Å²) >= 11 is 0. The number of rotatable bonds is 7. The summed E-state index contributed by atoms with van der Waals surface area (Å²) in [7, 11) is 0. The van der Waals surface area contributed by atoms with Crippen molar-refractivity contribution in [3.05, 3.63) is 34.1 Å². The molecule has 0 aliphatic rings. The van der Waals surface area contributed by atoms with E-state index in [0.29, 0.717) is 17.5 Å². The second-order valence-corrected chi connectivity index (χ2v) is 6.02. The molecule has 0 spiro atoms. The lowest BCUT2D eigenvalue weighted by molar-refractivity contribution is -0.385. The Hall–Kier alpha value is -1.65. The van der Waals surface area contributed by atoms with Gasteiger partial charge in [-0.2, -0.15) is 0 Å². The highest BCUT2D eigenvalue weighted by atomic mass is 19.1. The number of nitro benzene ring substituents is 1. The van der Waals surface area contributed by atoms with E-state index in [-0.39, 0.29) is 11.7 Å². The monoisotopic (exact) mass is 282 g/mol. The first-order valence-corrected chi connectivity index (χ1v) is 7.00. The second-order valence-electron chi connectivity index (χ2n) is 6.02. The van der Waals surface area contributed by atoms with Gasteiger partial charge in [0.2, 0.25) is 0 Å². The van der Waals surface area contributed by atoms with Gasteiger partial charge >= 0.3 is 0 Å². The lowest BCUT2D eigenvalue weighted by Crippen LogP contribution is -2.24. The van der Waals surface area contributed by atoms with Gasteiger partial charge in [0.15, 0.2) is 5.82 Å². The summed E-state index contributed by atoms with van der Waals surface area (Å²) in [6.07, 6.45) is 1.88. The Morgan fingerprint density at radius 2 is 1.75 bits per heavy atom. The molecule has 0 aliphatic carbocycles. The first kappa shape index (κ1) is 16.4. The molecule has 112 valence electrons. The van der Waals surface area contributed by atoms with Crippen molar-refractivity contribution in [2.45, 2.75) is 46.6 Å². The molecule has 1 aromatic carbocycles. The third-order valence-corrected chi connectivity index (χ3v) is 3.03. The average molecular weight is 282 g/mol. The molecule has 0 saturated heterocycles. The van der Waals surface area contributed by atoms with Gasteiger partial charge in [-0.05, 0) is 30.7 Å². The Bertz CT molecular complexity index is 451. The maximum atomic E-state index is 13.9. The van der Waals surface area contributed by atoms with E-state index in [0.717, 1.165) is 18.9 Å². The summed E-state index contributed by atoms with van der Waals surface area (Å²) in [6, 6.07) is 3.91. The number of hydrogen-bond acceptors (Lipinski definition) is 3. The lowest BCUT2D eigenvalue weighted by atomic mass is 9.95. The van der Waals surface area contributed by atoms with Crippen LogP contribution in [0.2, 0.25) is 0 Å². The lowest BCUT2D eigenvalue weighted by Gasteiger charge is -2.23. The molecule has 0 bridgehead atoms. The molecular weight excluding hydrogens is 259 g/mol. The van der Waals surface area contributed by atoms with Gasteiger partial charge in [-0.25, -0.2) is 4.39 Å². The third-order valence-electron chi connectivity index (χ3n) is 3.03. The van der Waals surface area contributed by atoms with Crippen molar-refractivity contribution in [2.24, 2.45) is 11.8 Å². The SMILES string of the molecule is CC(C)CC(CC(C)C)Nc1ccc([N+](=O)[O-])cc1F. The average Bonchev–Trinajstić information content (AvgIpc) is 2.29. The van der Waals surface area contributed by atoms with Crippen LogP contribution in [0.5, 0.6) is 0 Å². The molecule has 0 heterocycles. The van der Waals surface area contributed by atoms with Crippen molar-refractivity contribution in [1.82, 2.24) is 0 Å². The third kappa shape index (κ3) is 5.15.